The van der Waals surface area contributed by atoms with E-state index in [1.54, 1.807) is 6.08 Å². The number of aromatic nitrogens is 4. The Kier molecular flexibility index (Phi) is 5.49. The number of carbonyl (C=O) groups excluding carboxylic acids is 1. The van der Waals surface area contributed by atoms with E-state index in [1.807, 2.05) is 0 Å². The number of nitrogens with zero attached hydrogens (tertiary/aromatic N) is 3. The molecule has 0 saturated heterocycles. The zero-order chi connectivity index (χ0) is 13.4. The van der Waals surface area contributed by atoms with E-state index in [-0.39, 0.29) is 18.7 Å². The third-order valence-electron chi connectivity index (χ3n) is 2.25. The number of hydrogen-bond acceptors (Lipinski definition) is 5. The Morgan fingerprint density at radius 3 is 2.89 bits per heavy atom. The van der Waals surface area contributed by atoms with Gasteiger partial charge in [-0.3, -0.25) is 4.79 Å². The Morgan fingerprint density at radius 2 is 2.33 bits per heavy atom. The number of rotatable bonds is 8. The Morgan fingerprint density at radius 1 is 1.56 bits per heavy atom. The minimum absolute atomic E-state index is 0.217. The standard InChI is InChI=1S/C10H15N5O3/c1-2-3-4-9(16)11-7(10(17)18)5-6-8-12-14-15-13-8/h2,7H,1,3-6H2,(H,11,16)(H,17,18)(H,12,13,14,15)/t7-/m1/s1. The second-order valence-electron chi connectivity index (χ2n) is 3.65. The first-order valence-electron chi connectivity index (χ1n) is 5.49. The van der Waals surface area contributed by atoms with Crippen LogP contribution in [0.25, 0.3) is 0 Å². The largest absolute Gasteiger partial charge is 0.480 e. The summed E-state index contributed by atoms with van der Waals surface area (Å²) in [6.45, 7) is 3.49. The molecule has 0 fully saturated rings. The summed E-state index contributed by atoms with van der Waals surface area (Å²) in [6.07, 6.45) is 2.90. The molecule has 3 N–H and O–H groups in total. The van der Waals surface area contributed by atoms with Gasteiger partial charge in [0, 0.05) is 12.8 Å². The Balaban J connectivity index is 2.42. The average molecular weight is 253 g/mol. The number of aromatic amines is 1. The predicted octanol–water partition coefficient (Wildman–Crippen LogP) is -0.332. The van der Waals surface area contributed by atoms with E-state index >= 15 is 0 Å². The molecule has 1 atom stereocenters. The molecule has 0 saturated carbocycles. The van der Waals surface area contributed by atoms with E-state index in [1.165, 1.54) is 0 Å². The number of carbonyl (C=O) groups is 2. The summed E-state index contributed by atoms with van der Waals surface area (Å²) >= 11 is 0. The van der Waals surface area contributed by atoms with Gasteiger partial charge in [0.25, 0.3) is 0 Å². The molecule has 0 aliphatic heterocycles. The number of amides is 1. The van der Waals surface area contributed by atoms with Crippen LogP contribution < -0.4 is 5.32 Å². The number of aryl methyl sites for hydroxylation is 1. The van der Waals surface area contributed by atoms with Gasteiger partial charge in [0.15, 0.2) is 5.82 Å². The Labute approximate surface area is 103 Å². The normalized spacial score (nSPS) is 11.8. The van der Waals surface area contributed by atoms with Crippen LogP contribution in [0.3, 0.4) is 0 Å². The van der Waals surface area contributed by atoms with E-state index in [4.69, 9.17) is 5.11 Å². The van der Waals surface area contributed by atoms with Gasteiger partial charge < -0.3 is 10.4 Å². The van der Waals surface area contributed by atoms with Crippen molar-refractivity contribution in [3.63, 3.8) is 0 Å². The summed E-state index contributed by atoms with van der Waals surface area (Å²) < 4.78 is 0. The average Bonchev–Trinajstić information content (AvgIpc) is 2.84. The molecule has 0 aromatic carbocycles. The molecule has 8 heteroatoms. The number of carboxylic acid groups (broad SMARTS) is 1. The van der Waals surface area contributed by atoms with Gasteiger partial charge in [0.05, 0.1) is 0 Å². The molecule has 0 bridgehead atoms. The number of carboxylic acids is 1. The van der Waals surface area contributed by atoms with Crippen molar-refractivity contribution in [2.75, 3.05) is 0 Å². The highest BCUT2D eigenvalue weighted by atomic mass is 16.4. The van der Waals surface area contributed by atoms with Gasteiger partial charge in [-0.15, -0.1) is 16.8 Å². The van der Waals surface area contributed by atoms with Crippen LogP contribution in [-0.4, -0.2) is 43.6 Å². The highest BCUT2D eigenvalue weighted by molar-refractivity contribution is 5.83. The minimum atomic E-state index is -1.08. The number of H-pyrrole nitrogens is 1. The first kappa shape index (κ1) is 13.8. The van der Waals surface area contributed by atoms with Crippen LogP contribution in [0.5, 0.6) is 0 Å². The highest BCUT2D eigenvalue weighted by Gasteiger charge is 2.20. The van der Waals surface area contributed by atoms with Crippen LogP contribution in [0.15, 0.2) is 12.7 Å². The van der Waals surface area contributed by atoms with Gasteiger partial charge >= 0.3 is 5.97 Å². The number of hydrogen-bond donors (Lipinski definition) is 3. The lowest BCUT2D eigenvalue weighted by Crippen LogP contribution is -2.41. The van der Waals surface area contributed by atoms with Crippen molar-refractivity contribution in [1.29, 1.82) is 0 Å². The first-order chi connectivity index (χ1) is 8.63. The number of allylic oxidation sites excluding steroid dienone is 1. The van der Waals surface area contributed by atoms with Crippen LogP contribution in [0.1, 0.15) is 25.1 Å². The Bertz CT molecular complexity index is 404. The molecule has 0 aliphatic carbocycles. The first-order valence-corrected chi connectivity index (χ1v) is 5.49. The van der Waals surface area contributed by atoms with Crippen molar-refractivity contribution < 1.29 is 14.7 Å². The lowest BCUT2D eigenvalue weighted by Gasteiger charge is -2.13. The van der Waals surface area contributed by atoms with Crippen LogP contribution >= 0.6 is 0 Å². The number of nitrogens with one attached hydrogen (secondary N) is 2. The van der Waals surface area contributed by atoms with E-state index < -0.39 is 12.0 Å². The van der Waals surface area contributed by atoms with Crippen LogP contribution in [0.4, 0.5) is 0 Å². The van der Waals surface area contributed by atoms with E-state index in [2.05, 4.69) is 32.5 Å². The van der Waals surface area contributed by atoms with E-state index in [0.29, 0.717) is 18.7 Å². The molecule has 0 spiro atoms. The fourth-order valence-corrected chi connectivity index (χ4v) is 1.32. The molecule has 1 amide bonds. The van der Waals surface area contributed by atoms with Crippen LogP contribution in [-0.2, 0) is 16.0 Å². The Hall–Kier alpha value is -2.25. The van der Waals surface area contributed by atoms with Gasteiger partial charge in [0.1, 0.15) is 6.04 Å². The summed E-state index contributed by atoms with van der Waals surface area (Å²) in [5.74, 6) is -0.970. The van der Waals surface area contributed by atoms with Gasteiger partial charge in [-0.2, -0.15) is 5.21 Å². The summed E-state index contributed by atoms with van der Waals surface area (Å²) in [5.41, 5.74) is 0. The molecular formula is C10H15N5O3. The second kappa shape index (κ2) is 7.15. The molecule has 0 aliphatic rings. The maximum atomic E-state index is 11.4. The summed E-state index contributed by atoms with van der Waals surface area (Å²) in [4.78, 5) is 22.4. The van der Waals surface area contributed by atoms with Crippen molar-refractivity contribution in [3.05, 3.63) is 18.5 Å². The maximum absolute atomic E-state index is 11.4. The molecule has 0 radical (unpaired) electrons. The van der Waals surface area contributed by atoms with Crippen molar-refractivity contribution in [2.45, 2.75) is 31.7 Å². The summed E-state index contributed by atoms with van der Waals surface area (Å²) in [5, 5.41) is 24.5. The monoisotopic (exact) mass is 253 g/mol. The SMILES string of the molecule is C=CCCC(=O)N[C@H](CCc1nn[nH]n1)C(=O)O. The lowest BCUT2D eigenvalue weighted by molar-refractivity contribution is -0.142. The summed E-state index contributed by atoms with van der Waals surface area (Å²) in [6, 6.07) is -0.944. The molecule has 18 heavy (non-hydrogen) atoms. The summed E-state index contributed by atoms with van der Waals surface area (Å²) in [7, 11) is 0. The molecule has 1 aromatic rings. The molecule has 0 unspecified atom stereocenters. The molecule has 1 aromatic heterocycles. The number of tetrazole rings is 1. The van der Waals surface area contributed by atoms with Crippen molar-refractivity contribution >= 4 is 11.9 Å². The van der Waals surface area contributed by atoms with Crippen LogP contribution in [0.2, 0.25) is 0 Å². The van der Waals surface area contributed by atoms with E-state index in [9.17, 15) is 9.59 Å². The topological polar surface area (TPSA) is 121 Å². The van der Waals surface area contributed by atoms with Crippen LogP contribution in [0, 0.1) is 0 Å². The maximum Gasteiger partial charge on any atom is 0.326 e. The van der Waals surface area contributed by atoms with E-state index in [0.717, 1.165) is 0 Å². The van der Waals surface area contributed by atoms with Gasteiger partial charge in [-0.05, 0) is 12.8 Å². The lowest BCUT2D eigenvalue weighted by atomic mass is 10.1. The molecular weight excluding hydrogens is 238 g/mol. The zero-order valence-corrected chi connectivity index (χ0v) is 9.80. The van der Waals surface area contributed by atoms with Crippen molar-refractivity contribution in [2.24, 2.45) is 0 Å². The van der Waals surface area contributed by atoms with Gasteiger partial charge in [-0.1, -0.05) is 11.3 Å². The molecule has 1 rings (SSSR count). The zero-order valence-electron chi connectivity index (χ0n) is 9.80. The second-order valence-corrected chi connectivity index (χ2v) is 3.65. The van der Waals surface area contributed by atoms with Gasteiger partial charge in [-0.25, -0.2) is 4.79 Å². The molecule has 1 heterocycles. The smallest absolute Gasteiger partial charge is 0.326 e. The third-order valence-corrected chi connectivity index (χ3v) is 2.25. The minimum Gasteiger partial charge on any atom is -0.480 e. The fraction of sp³-hybridized carbons (Fsp3) is 0.500. The number of aliphatic carboxylic acids is 1. The molecule has 98 valence electrons. The highest BCUT2D eigenvalue weighted by Crippen LogP contribution is 2.00. The quantitative estimate of drug-likeness (QED) is 0.545. The third kappa shape index (κ3) is 4.73. The van der Waals surface area contributed by atoms with Crippen molar-refractivity contribution in [3.8, 4) is 0 Å². The predicted molar refractivity (Wildman–Crippen MR) is 61.5 cm³/mol. The fourth-order valence-electron chi connectivity index (χ4n) is 1.32. The molecule has 8 nitrogen and oxygen atoms in total. The van der Waals surface area contributed by atoms with Crippen molar-refractivity contribution in [1.82, 2.24) is 25.9 Å². The van der Waals surface area contributed by atoms with Gasteiger partial charge in [0.2, 0.25) is 5.91 Å².